The fraction of sp³-hybridized carbons (Fsp3) is 0.304. The molecule has 0 spiro atoms. The Balaban J connectivity index is 2.30. The van der Waals surface area contributed by atoms with Crippen LogP contribution in [0.2, 0.25) is 0 Å². The average Bonchev–Trinajstić information content (AvgIpc) is 2.77. The van der Waals surface area contributed by atoms with E-state index in [1.165, 1.54) is 6.92 Å². The van der Waals surface area contributed by atoms with Gasteiger partial charge in [-0.25, -0.2) is 4.79 Å². The van der Waals surface area contributed by atoms with Gasteiger partial charge in [0.05, 0.1) is 26.4 Å². The van der Waals surface area contributed by atoms with Gasteiger partial charge in [0.1, 0.15) is 22.0 Å². The van der Waals surface area contributed by atoms with E-state index in [4.69, 9.17) is 37.4 Å². The van der Waals surface area contributed by atoms with E-state index in [9.17, 15) is 14.7 Å². The van der Waals surface area contributed by atoms with Crippen LogP contribution >= 0.6 is 23.2 Å². The van der Waals surface area contributed by atoms with E-state index >= 15 is 0 Å². The van der Waals surface area contributed by atoms with Crippen LogP contribution in [0.25, 0.3) is 11.1 Å². The number of aliphatic carboxylic acids is 1. The van der Waals surface area contributed by atoms with Gasteiger partial charge in [0, 0.05) is 19.1 Å². The largest absolute Gasteiger partial charge is 0.496 e. The van der Waals surface area contributed by atoms with Gasteiger partial charge >= 0.3 is 5.97 Å². The Morgan fingerprint density at radius 1 is 1.00 bits per heavy atom. The molecule has 2 rings (SSSR count). The number of benzene rings is 2. The predicted octanol–water partition coefficient (Wildman–Crippen LogP) is 4.34. The van der Waals surface area contributed by atoms with Gasteiger partial charge in [-0.15, -0.1) is 0 Å². The van der Waals surface area contributed by atoms with Crippen molar-refractivity contribution in [3.05, 3.63) is 57.6 Å². The number of carbonyl (C=O) groups is 2. The molecule has 32 heavy (non-hydrogen) atoms. The summed E-state index contributed by atoms with van der Waals surface area (Å²) in [6.45, 7) is 1.83. The molecule has 2 N–H and O–H groups in total. The standard InChI is InChI=1S/C23H25Cl2NO6/c1-13(21(24)25)22(27)26-17(23(28)29)9-14-5-7-16(8-6-14)20-18(31-3)10-15(12-30-2)11-19(20)32-4/h5-8,10-11,17H,9,12H2,1-4H3,(H,26,27)(H,28,29)/t17-/m0/s1. The number of hydrogen-bond acceptors (Lipinski definition) is 5. The van der Waals surface area contributed by atoms with Crippen molar-refractivity contribution in [2.75, 3.05) is 21.3 Å². The summed E-state index contributed by atoms with van der Waals surface area (Å²) in [6, 6.07) is 9.87. The number of methoxy groups -OCH3 is 3. The third-order valence-corrected chi connectivity index (χ3v) is 5.35. The highest BCUT2D eigenvalue weighted by Gasteiger charge is 2.22. The monoisotopic (exact) mass is 481 g/mol. The van der Waals surface area contributed by atoms with Gasteiger partial charge in [-0.2, -0.15) is 0 Å². The molecule has 7 nitrogen and oxygen atoms in total. The smallest absolute Gasteiger partial charge is 0.326 e. The Morgan fingerprint density at radius 3 is 2.00 bits per heavy atom. The summed E-state index contributed by atoms with van der Waals surface area (Å²) in [7, 11) is 4.76. The van der Waals surface area contributed by atoms with E-state index in [2.05, 4.69) is 5.32 Å². The molecule has 0 fully saturated rings. The van der Waals surface area contributed by atoms with Crippen LogP contribution in [0.5, 0.6) is 11.5 Å². The SMILES string of the molecule is COCc1cc(OC)c(-c2ccc(C[C@H](NC(=O)C(C)=C(Cl)Cl)C(=O)O)cc2)c(OC)c1. The number of nitrogens with one attached hydrogen (secondary N) is 1. The summed E-state index contributed by atoms with van der Waals surface area (Å²) in [4.78, 5) is 23.7. The average molecular weight is 482 g/mol. The van der Waals surface area contributed by atoms with E-state index in [1.807, 2.05) is 24.3 Å². The molecular formula is C23H25Cl2NO6. The van der Waals surface area contributed by atoms with E-state index < -0.39 is 17.9 Å². The molecule has 172 valence electrons. The van der Waals surface area contributed by atoms with Crippen LogP contribution in [0.1, 0.15) is 18.1 Å². The van der Waals surface area contributed by atoms with Crippen LogP contribution in [0.4, 0.5) is 0 Å². The van der Waals surface area contributed by atoms with Crippen LogP contribution in [-0.2, 0) is 27.4 Å². The summed E-state index contributed by atoms with van der Waals surface area (Å²) in [5.41, 5.74) is 3.26. The lowest BCUT2D eigenvalue weighted by atomic mass is 9.98. The van der Waals surface area contributed by atoms with Crippen LogP contribution < -0.4 is 14.8 Å². The number of carboxylic acid groups (broad SMARTS) is 1. The molecule has 2 aromatic carbocycles. The first-order valence-electron chi connectivity index (χ1n) is 9.60. The zero-order valence-corrected chi connectivity index (χ0v) is 19.7. The van der Waals surface area contributed by atoms with Gasteiger partial charge in [0.25, 0.3) is 0 Å². The van der Waals surface area contributed by atoms with Gasteiger partial charge < -0.3 is 24.6 Å². The quantitative estimate of drug-likeness (QED) is 0.490. The number of carbonyl (C=O) groups excluding carboxylic acids is 1. The number of amides is 1. The van der Waals surface area contributed by atoms with Crippen LogP contribution in [0.15, 0.2) is 46.5 Å². The first-order chi connectivity index (χ1) is 15.2. The van der Waals surface area contributed by atoms with Crippen LogP contribution in [-0.4, -0.2) is 44.4 Å². The maximum Gasteiger partial charge on any atom is 0.326 e. The minimum absolute atomic E-state index is 0.0473. The molecule has 0 aliphatic heterocycles. The fourth-order valence-electron chi connectivity index (χ4n) is 3.10. The van der Waals surface area contributed by atoms with Crippen molar-refractivity contribution >= 4 is 35.1 Å². The van der Waals surface area contributed by atoms with Crippen LogP contribution in [0.3, 0.4) is 0 Å². The number of carboxylic acids is 1. The Kier molecular flexibility index (Phi) is 9.38. The Labute approximate surface area is 196 Å². The highest BCUT2D eigenvalue weighted by atomic mass is 35.5. The topological polar surface area (TPSA) is 94.1 Å². The Morgan fingerprint density at radius 2 is 1.56 bits per heavy atom. The molecule has 0 aliphatic rings. The first kappa shape index (κ1) is 25.5. The minimum atomic E-state index is -1.17. The summed E-state index contributed by atoms with van der Waals surface area (Å²) in [5.74, 6) is -0.558. The second-order valence-electron chi connectivity index (χ2n) is 6.96. The summed E-state index contributed by atoms with van der Waals surface area (Å²) < 4.78 is 16.1. The van der Waals surface area contributed by atoms with Crippen molar-refractivity contribution in [3.8, 4) is 22.6 Å². The van der Waals surface area contributed by atoms with E-state index in [1.54, 1.807) is 33.5 Å². The lowest BCUT2D eigenvalue weighted by Crippen LogP contribution is -2.42. The summed E-state index contributed by atoms with van der Waals surface area (Å²) in [6.07, 6.45) is 0.0790. The van der Waals surface area contributed by atoms with E-state index in [0.717, 1.165) is 16.7 Å². The van der Waals surface area contributed by atoms with Crippen molar-refractivity contribution < 1.29 is 28.9 Å². The molecule has 2 aromatic rings. The molecule has 1 atom stereocenters. The van der Waals surface area contributed by atoms with Crippen LogP contribution in [0, 0.1) is 0 Å². The lowest BCUT2D eigenvalue weighted by Gasteiger charge is -2.17. The molecule has 0 radical (unpaired) electrons. The van der Waals surface area contributed by atoms with Crippen molar-refractivity contribution in [3.63, 3.8) is 0 Å². The molecule has 0 saturated carbocycles. The molecule has 0 bridgehead atoms. The molecule has 0 aromatic heterocycles. The molecule has 0 heterocycles. The van der Waals surface area contributed by atoms with E-state index in [0.29, 0.717) is 23.7 Å². The minimum Gasteiger partial charge on any atom is -0.496 e. The highest BCUT2D eigenvalue weighted by Crippen LogP contribution is 2.39. The molecular weight excluding hydrogens is 457 g/mol. The molecule has 0 aliphatic carbocycles. The predicted molar refractivity (Wildman–Crippen MR) is 123 cm³/mol. The third-order valence-electron chi connectivity index (χ3n) is 4.79. The number of rotatable bonds is 10. The molecule has 9 heteroatoms. The molecule has 0 unspecified atom stereocenters. The Bertz CT molecular complexity index is 975. The summed E-state index contributed by atoms with van der Waals surface area (Å²) >= 11 is 11.2. The van der Waals surface area contributed by atoms with Crippen molar-refractivity contribution in [2.24, 2.45) is 0 Å². The second kappa shape index (κ2) is 11.8. The zero-order valence-electron chi connectivity index (χ0n) is 18.2. The number of hydrogen-bond donors (Lipinski definition) is 2. The lowest BCUT2D eigenvalue weighted by molar-refractivity contribution is -0.141. The maximum atomic E-state index is 12.1. The zero-order chi connectivity index (χ0) is 23.8. The van der Waals surface area contributed by atoms with Crippen molar-refractivity contribution in [1.82, 2.24) is 5.32 Å². The third kappa shape index (κ3) is 6.38. The molecule has 1 amide bonds. The van der Waals surface area contributed by atoms with Gasteiger partial charge in [0.15, 0.2) is 0 Å². The number of ether oxygens (including phenoxy) is 3. The first-order valence-corrected chi connectivity index (χ1v) is 10.4. The van der Waals surface area contributed by atoms with Crippen molar-refractivity contribution in [1.29, 1.82) is 0 Å². The van der Waals surface area contributed by atoms with Gasteiger partial charge in [-0.3, -0.25) is 4.79 Å². The highest BCUT2D eigenvalue weighted by molar-refractivity contribution is 6.57. The van der Waals surface area contributed by atoms with Gasteiger partial charge in [0.2, 0.25) is 5.91 Å². The fourth-order valence-corrected chi connectivity index (χ4v) is 3.27. The Hall–Kier alpha value is -2.74. The van der Waals surface area contributed by atoms with Crippen molar-refractivity contribution in [2.45, 2.75) is 26.0 Å². The summed E-state index contributed by atoms with van der Waals surface area (Å²) in [5, 5.41) is 11.9. The van der Waals surface area contributed by atoms with Gasteiger partial charge in [-0.1, -0.05) is 47.5 Å². The van der Waals surface area contributed by atoms with Gasteiger partial charge in [-0.05, 0) is 35.7 Å². The normalized spacial score (nSPS) is 11.4. The maximum absolute atomic E-state index is 12.1. The molecule has 0 saturated heterocycles. The van der Waals surface area contributed by atoms with E-state index in [-0.39, 0.29) is 16.5 Å². The number of halogens is 2. The second-order valence-corrected chi connectivity index (χ2v) is 7.91.